The number of ketones is 1. The maximum atomic E-state index is 14.1. The molecule has 2 heterocycles. The number of nitrogens with zero attached hydrogens (tertiary/aromatic N) is 2. The lowest BCUT2D eigenvalue weighted by Crippen LogP contribution is -2.31. The Morgan fingerprint density at radius 1 is 0.975 bits per heavy atom. The van der Waals surface area contributed by atoms with Gasteiger partial charge >= 0.3 is 5.97 Å². The molecule has 1 amide bonds. The zero-order valence-electron chi connectivity index (χ0n) is 22.5. The number of benzene rings is 3. The molecule has 0 saturated carbocycles. The number of esters is 1. The van der Waals surface area contributed by atoms with Crippen LogP contribution >= 0.6 is 11.3 Å². The van der Waals surface area contributed by atoms with E-state index in [4.69, 9.17) is 4.74 Å². The van der Waals surface area contributed by atoms with E-state index >= 15 is 0 Å². The molecule has 7 nitrogen and oxygen atoms in total. The van der Waals surface area contributed by atoms with Crippen LogP contribution in [-0.4, -0.2) is 33.9 Å². The summed E-state index contributed by atoms with van der Waals surface area (Å²) < 4.78 is 5.34. The molecule has 5 rings (SSSR count). The van der Waals surface area contributed by atoms with Crippen molar-refractivity contribution in [1.82, 2.24) is 4.98 Å². The van der Waals surface area contributed by atoms with Gasteiger partial charge in [0, 0.05) is 11.3 Å². The van der Waals surface area contributed by atoms with E-state index in [-0.39, 0.29) is 17.2 Å². The van der Waals surface area contributed by atoms with Gasteiger partial charge in [-0.05, 0) is 51.5 Å². The number of aliphatic hydroxyl groups excluding tert-OH is 1. The van der Waals surface area contributed by atoms with E-state index in [1.165, 1.54) is 22.3 Å². The summed E-state index contributed by atoms with van der Waals surface area (Å²) in [5, 5.41) is 11.9. The van der Waals surface area contributed by atoms with Gasteiger partial charge in [-0.3, -0.25) is 14.5 Å². The van der Waals surface area contributed by atoms with Gasteiger partial charge < -0.3 is 9.84 Å². The molecule has 0 aliphatic carbocycles. The highest BCUT2D eigenvalue weighted by Gasteiger charge is 2.45. The van der Waals surface area contributed by atoms with Crippen molar-refractivity contribution in [3.8, 4) is 10.6 Å². The predicted octanol–water partition coefficient (Wildman–Crippen LogP) is 6.78. The maximum Gasteiger partial charge on any atom is 0.338 e. The van der Waals surface area contributed by atoms with Gasteiger partial charge in [-0.25, -0.2) is 9.78 Å². The van der Waals surface area contributed by atoms with Crippen molar-refractivity contribution in [3.63, 3.8) is 0 Å². The van der Waals surface area contributed by atoms with E-state index in [1.807, 2.05) is 61.5 Å². The fourth-order valence-corrected chi connectivity index (χ4v) is 5.78. The summed E-state index contributed by atoms with van der Waals surface area (Å²) in [6.45, 7) is 7.17. The third-order valence-corrected chi connectivity index (χ3v) is 7.74. The fraction of sp³-hybridized carbons (Fsp3) is 0.188. The number of aryl methyl sites for hydroxylation is 2. The van der Waals surface area contributed by atoms with Gasteiger partial charge in [0.05, 0.1) is 33.9 Å². The number of ether oxygens (including phenoxy) is 1. The minimum Gasteiger partial charge on any atom is -0.503 e. The second-order valence-electron chi connectivity index (χ2n) is 9.89. The van der Waals surface area contributed by atoms with Crippen molar-refractivity contribution in [2.45, 2.75) is 39.8 Å². The highest BCUT2D eigenvalue weighted by molar-refractivity contribution is 7.17. The number of anilines is 1. The molecule has 8 heteroatoms. The van der Waals surface area contributed by atoms with Crippen LogP contribution in [0.4, 0.5) is 5.69 Å². The van der Waals surface area contributed by atoms with E-state index in [0.29, 0.717) is 26.8 Å². The number of aromatic nitrogens is 1. The lowest BCUT2D eigenvalue weighted by atomic mass is 9.93. The van der Waals surface area contributed by atoms with E-state index in [2.05, 4.69) is 4.98 Å². The average Bonchev–Trinajstić information content (AvgIpc) is 3.45. The zero-order chi connectivity index (χ0) is 28.6. The molecule has 0 spiro atoms. The monoisotopic (exact) mass is 552 g/mol. The Kier molecular flexibility index (Phi) is 7.36. The molecular weight excluding hydrogens is 524 g/mol. The quantitative estimate of drug-likeness (QED) is 0.201. The highest BCUT2D eigenvalue weighted by atomic mass is 32.1. The number of carbonyl (C=O) groups excluding carboxylic acids is 3. The largest absolute Gasteiger partial charge is 0.503 e. The number of thiazole rings is 1. The fourth-order valence-electron chi connectivity index (χ4n) is 4.76. The van der Waals surface area contributed by atoms with Crippen LogP contribution in [-0.2, 0) is 9.53 Å². The van der Waals surface area contributed by atoms with E-state index in [1.54, 1.807) is 39.0 Å². The Balaban J connectivity index is 1.61. The van der Waals surface area contributed by atoms with E-state index in [0.717, 1.165) is 11.1 Å². The van der Waals surface area contributed by atoms with Gasteiger partial charge in [0.25, 0.3) is 5.91 Å². The van der Waals surface area contributed by atoms with Crippen LogP contribution in [0, 0.1) is 13.8 Å². The van der Waals surface area contributed by atoms with E-state index < -0.39 is 29.5 Å². The first-order valence-corrected chi connectivity index (χ1v) is 13.7. The van der Waals surface area contributed by atoms with Gasteiger partial charge in [-0.2, -0.15) is 0 Å². The summed E-state index contributed by atoms with van der Waals surface area (Å²) in [7, 11) is 0. The maximum absolute atomic E-state index is 14.1. The molecule has 1 atom stereocenters. The van der Waals surface area contributed by atoms with Crippen molar-refractivity contribution >= 4 is 34.7 Å². The predicted molar refractivity (Wildman–Crippen MR) is 155 cm³/mol. The van der Waals surface area contributed by atoms with Gasteiger partial charge in [0.2, 0.25) is 5.78 Å². The molecule has 1 N–H and O–H groups in total. The summed E-state index contributed by atoms with van der Waals surface area (Å²) in [4.78, 5) is 46.7. The van der Waals surface area contributed by atoms with Crippen molar-refractivity contribution in [2.24, 2.45) is 0 Å². The summed E-state index contributed by atoms with van der Waals surface area (Å²) in [5.41, 5.74) is 3.55. The van der Waals surface area contributed by atoms with E-state index in [9.17, 15) is 19.5 Å². The SMILES string of the molecule is Cc1cccc(C2C(C(=O)c3sc(-c4ccccc4)nc3C)=C(O)C(=O)N2c2cccc(C(=O)OC(C)C)c2)c1. The molecule has 4 aromatic rings. The number of carbonyl (C=O) groups is 3. The third-order valence-electron chi connectivity index (χ3n) is 6.54. The third kappa shape index (κ3) is 5.05. The smallest absolute Gasteiger partial charge is 0.338 e. The summed E-state index contributed by atoms with van der Waals surface area (Å²) in [6, 6.07) is 22.5. The van der Waals surface area contributed by atoms with Crippen LogP contribution in [0.3, 0.4) is 0 Å². The van der Waals surface area contributed by atoms with Crippen LogP contribution in [0.2, 0.25) is 0 Å². The second-order valence-corrected chi connectivity index (χ2v) is 10.9. The lowest BCUT2D eigenvalue weighted by Gasteiger charge is -2.27. The Morgan fingerprint density at radius 2 is 1.70 bits per heavy atom. The molecule has 1 unspecified atom stereocenters. The first-order chi connectivity index (χ1) is 19.2. The molecule has 3 aromatic carbocycles. The minimum absolute atomic E-state index is 0.0304. The Hall–Kier alpha value is -4.56. The minimum atomic E-state index is -0.919. The summed E-state index contributed by atoms with van der Waals surface area (Å²) >= 11 is 1.22. The number of rotatable bonds is 7. The molecule has 40 heavy (non-hydrogen) atoms. The van der Waals surface area contributed by atoms with Gasteiger partial charge in [0.1, 0.15) is 5.01 Å². The first kappa shape index (κ1) is 27.0. The zero-order valence-corrected chi connectivity index (χ0v) is 23.4. The van der Waals surface area contributed by atoms with Crippen LogP contribution < -0.4 is 4.90 Å². The molecule has 1 aliphatic heterocycles. The van der Waals surface area contributed by atoms with Crippen LogP contribution in [0.15, 0.2) is 90.2 Å². The Morgan fingerprint density at radius 3 is 2.40 bits per heavy atom. The topological polar surface area (TPSA) is 96.8 Å². The van der Waals surface area contributed by atoms with Crippen LogP contribution in [0.25, 0.3) is 10.6 Å². The molecule has 202 valence electrons. The second kappa shape index (κ2) is 10.9. The number of hydrogen-bond acceptors (Lipinski definition) is 7. The number of aliphatic hydroxyl groups is 1. The van der Waals surface area contributed by atoms with Crippen molar-refractivity contribution in [1.29, 1.82) is 0 Å². The molecule has 1 aromatic heterocycles. The standard InChI is InChI=1S/C32H28N2O5S/c1-18(2)39-32(38)23-14-9-15-24(17-23)34-26(22-13-8-10-19(3)16-22)25(28(36)31(34)37)27(35)29-20(4)33-30(40-29)21-11-6-5-7-12-21/h5-18,26,36H,1-4H3. The Labute approximate surface area is 236 Å². The number of Topliss-reactive ketones (excluding diaryl/α,β-unsaturated/α-hetero) is 1. The normalized spacial score (nSPS) is 15.2. The molecule has 0 saturated heterocycles. The number of hydrogen-bond donors (Lipinski definition) is 1. The van der Waals surface area contributed by atoms with Gasteiger partial charge in [-0.1, -0.05) is 66.2 Å². The number of amides is 1. The van der Waals surface area contributed by atoms with Crippen LogP contribution in [0.1, 0.15) is 56.7 Å². The summed E-state index contributed by atoms with van der Waals surface area (Å²) in [6.07, 6.45) is -0.317. The van der Waals surface area contributed by atoms with Gasteiger partial charge in [0.15, 0.2) is 5.76 Å². The lowest BCUT2D eigenvalue weighted by molar-refractivity contribution is -0.117. The van der Waals surface area contributed by atoms with Crippen LogP contribution in [0.5, 0.6) is 0 Å². The van der Waals surface area contributed by atoms with Gasteiger partial charge in [-0.15, -0.1) is 11.3 Å². The van der Waals surface area contributed by atoms with Crippen molar-refractivity contribution in [3.05, 3.63) is 117 Å². The summed E-state index contributed by atoms with van der Waals surface area (Å²) in [5.74, 6) is -2.35. The Bertz CT molecular complexity index is 1650. The molecule has 1 aliphatic rings. The molecular formula is C32H28N2O5S. The molecule has 0 bridgehead atoms. The highest BCUT2D eigenvalue weighted by Crippen LogP contribution is 2.43. The molecule has 0 fully saturated rings. The first-order valence-electron chi connectivity index (χ1n) is 12.9. The molecule has 0 radical (unpaired) electrons. The van der Waals surface area contributed by atoms with Crippen molar-refractivity contribution in [2.75, 3.05) is 4.90 Å². The average molecular weight is 553 g/mol. The van der Waals surface area contributed by atoms with Crippen molar-refractivity contribution < 1.29 is 24.2 Å².